The minimum atomic E-state index is 0.372. The number of pyridine rings is 1. The first-order valence-electron chi connectivity index (χ1n) is 8.20. The average molecular weight is 275 g/mol. The predicted molar refractivity (Wildman–Crippen MR) is 86.2 cm³/mol. The second-order valence-electron chi connectivity index (χ2n) is 5.82. The smallest absolute Gasteiger partial charge is 0.0574 e. The minimum Gasteiger partial charge on any atom is -0.367 e. The molecule has 0 spiro atoms. The highest BCUT2D eigenvalue weighted by molar-refractivity contribution is 5.46. The Hall–Kier alpha value is -1.09. The number of hydrogen-bond donors (Lipinski definition) is 1. The lowest BCUT2D eigenvalue weighted by molar-refractivity contribution is 0.434. The van der Waals surface area contributed by atoms with Gasteiger partial charge in [-0.05, 0) is 51.3 Å². The number of aromatic nitrogens is 1. The van der Waals surface area contributed by atoms with Crippen molar-refractivity contribution in [2.75, 3.05) is 18.5 Å². The van der Waals surface area contributed by atoms with Crippen molar-refractivity contribution in [1.29, 1.82) is 0 Å². The van der Waals surface area contributed by atoms with E-state index in [1.807, 2.05) is 7.05 Å². The van der Waals surface area contributed by atoms with Crippen LogP contribution in [0.25, 0.3) is 0 Å². The number of anilines is 1. The van der Waals surface area contributed by atoms with Gasteiger partial charge in [-0.25, -0.2) is 0 Å². The Bertz CT molecular complexity index is 382. The summed E-state index contributed by atoms with van der Waals surface area (Å²) in [4.78, 5) is 7.26. The summed E-state index contributed by atoms with van der Waals surface area (Å²) in [5, 5.41) is 3.32. The maximum absolute atomic E-state index is 4.69. The molecule has 1 aliphatic rings. The molecule has 0 bridgehead atoms. The third-order valence-corrected chi connectivity index (χ3v) is 4.47. The van der Waals surface area contributed by atoms with Crippen LogP contribution in [0, 0.1) is 0 Å². The lowest BCUT2D eigenvalue weighted by Crippen LogP contribution is -2.39. The fraction of sp³-hybridized carbons (Fsp3) is 0.706. The quantitative estimate of drug-likeness (QED) is 0.853. The topological polar surface area (TPSA) is 28.2 Å². The number of nitrogens with zero attached hydrogens (tertiary/aromatic N) is 2. The van der Waals surface area contributed by atoms with Crippen molar-refractivity contribution < 1.29 is 0 Å². The summed E-state index contributed by atoms with van der Waals surface area (Å²) >= 11 is 0. The molecule has 0 radical (unpaired) electrons. The van der Waals surface area contributed by atoms with Crippen molar-refractivity contribution in [3.63, 3.8) is 0 Å². The van der Waals surface area contributed by atoms with Crippen molar-refractivity contribution in [3.05, 3.63) is 24.0 Å². The highest BCUT2D eigenvalue weighted by atomic mass is 15.2. The maximum Gasteiger partial charge on any atom is 0.0574 e. The van der Waals surface area contributed by atoms with Crippen molar-refractivity contribution in [1.82, 2.24) is 10.3 Å². The molecule has 3 nitrogen and oxygen atoms in total. The zero-order chi connectivity index (χ0) is 14.4. The normalized spacial score (nSPS) is 20.9. The predicted octanol–water partition coefficient (Wildman–Crippen LogP) is 3.91. The lowest BCUT2D eigenvalue weighted by atomic mass is 9.97. The molecule has 20 heavy (non-hydrogen) atoms. The van der Waals surface area contributed by atoms with Crippen LogP contribution in [-0.4, -0.2) is 24.6 Å². The Kier molecular flexibility index (Phi) is 5.84. The van der Waals surface area contributed by atoms with Crippen LogP contribution in [0.1, 0.15) is 64.1 Å². The van der Waals surface area contributed by atoms with Gasteiger partial charge in [-0.15, -0.1) is 0 Å². The molecule has 0 aromatic carbocycles. The monoisotopic (exact) mass is 275 g/mol. The molecule has 112 valence electrons. The maximum atomic E-state index is 4.69. The SMILES string of the molecule is CCCC1CCCCN1c1ccc(C(CC)NC)nc1. The van der Waals surface area contributed by atoms with Crippen LogP contribution >= 0.6 is 0 Å². The molecule has 2 rings (SSSR count). The third kappa shape index (κ3) is 3.51. The van der Waals surface area contributed by atoms with E-state index < -0.39 is 0 Å². The number of hydrogen-bond acceptors (Lipinski definition) is 3. The summed E-state index contributed by atoms with van der Waals surface area (Å²) in [6, 6.07) is 5.54. The Morgan fingerprint density at radius 3 is 2.80 bits per heavy atom. The van der Waals surface area contributed by atoms with Gasteiger partial charge >= 0.3 is 0 Å². The first kappa shape index (κ1) is 15.3. The van der Waals surface area contributed by atoms with E-state index in [9.17, 15) is 0 Å². The number of rotatable bonds is 6. The van der Waals surface area contributed by atoms with Crippen LogP contribution < -0.4 is 10.2 Å². The molecule has 1 saturated heterocycles. The van der Waals surface area contributed by atoms with Crippen LogP contribution in [0.3, 0.4) is 0 Å². The van der Waals surface area contributed by atoms with Gasteiger partial charge in [0.15, 0.2) is 0 Å². The Balaban J connectivity index is 2.11. The van der Waals surface area contributed by atoms with E-state index in [0.717, 1.165) is 12.1 Å². The number of nitrogens with one attached hydrogen (secondary N) is 1. The van der Waals surface area contributed by atoms with Gasteiger partial charge in [0, 0.05) is 18.6 Å². The lowest BCUT2D eigenvalue weighted by Gasteiger charge is -2.37. The largest absolute Gasteiger partial charge is 0.367 e. The van der Waals surface area contributed by atoms with Gasteiger partial charge in [-0.3, -0.25) is 4.98 Å². The first-order valence-corrected chi connectivity index (χ1v) is 8.20. The van der Waals surface area contributed by atoms with Crippen LogP contribution in [0.4, 0.5) is 5.69 Å². The van der Waals surface area contributed by atoms with E-state index in [4.69, 9.17) is 0 Å². The van der Waals surface area contributed by atoms with E-state index in [1.54, 1.807) is 0 Å². The number of piperidine rings is 1. The summed E-state index contributed by atoms with van der Waals surface area (Å²) in [5.74, 6) is 0. The molecule has 1 fully saturated rings. The van der Waals surface area contributed by atoms with Gasteiger partial charge in [0.2, 0.25) is 0 Å². The second kappa shape index (κ2) is 7.63. The highest BCUT2D eigenvalue weighted by Crippen LogP contribution is 2.27. The fourth-order valence-corrected chi connectivity index (χ4v) is 3.31. The Morgan fingerprint density at radius 1 is 1.35 bits per heavy atom. The minimum absolute atomic E-state index is 0.372. The van der Waals surface area contributed by atoms with E-state index in [-0.39, 0.29) is 0 Å². The van der Waals surface area contributed by atoms with E-state index in [2.05, 4.69) is 47.4 Å². The molecule has 1 aromatic rings. The molecule has 0 aliphatic carbocycles. The van der Waals surface area contributed by atoms with Gasteiger partial charge < -0.3 is 10.2 Å². The molecule has 3 heteroatoms. The van der Waals surface area contributed by atoms with Gasteiger partial charge in [0.25, 0.3) is 0 Å². The van der Waals surface area contributed by atoms with Crippen LogP contribution in [0.2, 0.25) is 0 Å². The molecule has 0 saturated carbocycles. The standard InChI is InChI=1S/C17H29N3/c1-4-8-14-9-6-7-12-20(14)15-10-11-17(19-13-15)16(5-2)18-3/h10-11,13-14,16,18H,4-9,12H2,1-3H3. The van der Waals surface area contributed by atoms with Gasteiger partial charge in [0.05, 0.1) is 17.6 Å². The van der Waals surface area contributed by atoms with Crippen LogP contribution in [0.5, 0.6) is 0 Å². The molecule has 2 heterocycles. The van der Waals surface area contributed by atoms with Gasteiger partial charge in [-0.1, -0.05) is 20.3 Å². The van der Waals surface area contributed by atoms with Crippen molar-refractivity contribution in [2.24, 2.45) is 0 Å². The van der Waals surface area contributed by atoms with E-state index in [0.29, 0.717) is 12.1 Å². The van der Waals surface area contributed by atoms with Crippen molar-refractivity contribution in [3.8, 4) is 0 Å². The highest BCUT2D eigenvalue weighted by Gasteiger charge is 2.22. The molecule has 1 N–H and O–H groups in total. The average Bonchev–Trinajstić information content (AvgIpc) is 2.50. The zero-order valence-electron chi connectivity index (χ0n) is 13.2. The molecule has 2 unspecified atom stereocenters. The first-order chi connectivity index (χ1) is 9.80. The third-order valence-electron chi connectivity index (χ3n) is 4.47. The van der Waals surface area contributed by atoms with Crippen LogP contribution in [-0.2, 0) is 0 Å². The fourth-order valence-electron chi connectivity index (χ4n) is 3.31. The van der Waals surface area contributed by atoms with Gasteiger partial charge in [0.1, 0.15) is 0 Å². The molecular weight excluding hydrogens is 246 g/mol. The molecular formula is C17H29N3. The van der Waals surface area contributed by atoms with E-state index >= 15 is 0 Å². The molecule has 1 aliphatic heterocycles. The molecule has 1 aromatic heterocycles. The zero-order valence-corrected chi connectivity index (χ0v) is 13.2. The summed E-state index contributed by atoms with van der Waals surface area (Å²) in [6.45, 7) is 5.67. The second-order valence-corrected chi connectivity index (χ2v) is 5.82. The Morgan fingerprint density at radius 2 is 2.20 bits per heavy atom. The summed E-state index contributed by atoms with van der Waals surface area (Å²) in [7, 11) is 2.01. The molecule has 0 amide bonds. The molecule has 2 atom stereocenters. The van der Waals surface area contributed by atoms with Gasteiger partial charge in [-0.2, -0.15) is 0 Å². The van der Waals surface area contributed by atoms with Crippen molar-refractivity contribution >= 4 is 5.69 Å². The summed E-state index contributed by atoms with van der Waals surface area (Å²) < 4.78 is 0. The summed E-state index contributed by atoms with van der Waals surface area (Å²) in [5.41, 5.74) is 2.46. The Labute approximate surface area is 123 Å². The summed E-state index contributed by atoms with van der Waals surface area (Å²) in [6.07, 6.45) is 9.75. The van der Waals surface area contributed by atoms with Crippen molar-refractivity contribution in [2.45, 2.75) is 64.5 Å². The van der Waals surface area contributed by atoms with E-state index in [1.165, 1.54) is 44.3 Å². The van der Waals surface area contributed by atoms with Crippen LogP contribution in [0.15, 0.2) is 18.3 Å².